The zero-order valence-electron chi connectivity index (χ0n) is 13.2. The second-order valence-electron chi connectivity index (χ2n) is 5.37. The zero-order chi connectivity index (χ0) is 18.6. The Balaban J connectivity index is 2.22. The van der Waals surface area contributed by atoms with Crippen LogP contribution in [0.25, 0.3) is 0 Å². The fraction of sp³-hybridized carbons (Fsp3) is 0.188. The second-order valence-corrected chi connectivity index (χ2v) is 5.37. The lowest BCUT2D eigenvalue weighted by Crippen LogP contribution is -2.37. The molecule has 2 aromatic rings. The van der Waals surface area contributed by atoms with Gasteiger partial charge in [0.05, 0.1) is 33.6 Å². The van der Waals surface area contributed by atoms with E-state index in [4.69, 9.17) is 0 Å². The van der Waals surface area contributed by atoms with Crippen LogP contribution in [0.2, 0.25) is 0 Å². The van der Waals surface area contributed by atoms with E-state index in [-0.39, 0.29) is 5.56 Å². The number of nitrogens with one attached hydrogen (secondary N) is 1. The van der Waals surface area contributed by atoms with E-state index in [2.05, 4.69) is 5.32 Å². The lowest BCUT2D eigenvalue weighted by atomic mass is 10.0. The number of rotatable bonds is 6. The molecule has 0 fully saturated rings. The third kappa shape index (κ3) is 4.36. The summed E-state index contributed by atoms with van der Waals surface area (Å²) in [6, 6.07) is 10.6. The summed E-state index contributed by atoms with van der Waals surface area (Å²) in [7, 11) is 0. The van der Waals surface area contributed by atoms with Crippen molar-refractivity contribution >= 4 is 17.3 Å². The maximum atomic E-state index is 12.3. The number of amides is 1. The van der Waals surface area contributed by atoms with Gasteiger partial charge in [-0.3, -0.25) is 25.0 Å². The van der Waals surface area contributed by atoms with Gasteiger partial charge >= 0.3 is 0 Å². The van der Waals surface area contributed by atoms with E-state index in [1.807, 2.05) is 0 Å². The molecule has 0 aliphatic carbocycles. The number of non-ortho nitro benzene ring substituents is 2. The number of nitro benzene ring substituents is 2. The maximum absolute atomic E-state index is 12.3. The molecule has 0 saturated heterocycles. The van der Waals surface area contributed by atoms with Gasteiger partial charge in [0.15, 0.2) is 0 Å². The third-order valence-corrected chi connectivity index (χ3v) is 3.56. The van der Waals surface area contributed by atoms with Gasteiger partial charge in [0.2, 0.25) is 0 Å². The Labute approximate surface area is 142 Å². The number of hydrogen-bond donors (Lipinski definition) is 2. The highest BCUT2D eigenvalue weighted by molar-refractivity contribution is 5.95. The van der Waals surface area contributed by atoms with Gasteiger partial charge in [-0.1, -0.05) is 30.3 Å². The fourth-order valence-electron chi connectivity index (χ4n) is 2.25. The third-order valence-electron chi connectivity index (χ3n) is 3.56. The van der Waals surface area contributed by atoms with Crippen molar-refractivity contribution < 1.29 is 19.7 Å². The van der Waals surface area contributed by atoms with Crippen LogP contribution in [-0.2, 0) is 0 Å². The first kappa shape index (κ1) is 18.0. The number of aliphatic hydroxyl groups is 1. The highest BCUT2D eigenvalue weighted by atomic mass is 16.6. The van der Waals surface area contributed by atoms with E-state index in [0.29, 0.717) is 5.56 Å². The number of benzene rings is 2. The Kier molecular flexibility index (Phi) is 5.40. The molecule has 130 valence electrons. The van der Waals surface area contributed by atoms with Crippen LogP contribution >= 0.6 is 0 Å². The van der Waals surface area contributed by atoms with Crippen molar-refractivity contribution in [3.63, 3.8) is 0 Å². The Morgan fingerprint density at radius 3 is 2.04 bits per heavy atom. The van der Waals surface area contributed by atoms with E-state index in [1.165, 1.54) is 0 Å². The molecule has 2 unspecified atom stereocenters. The normalized spacial score (nSPS) is 12.9. The van der Waals surface area contributed by atoms with Crippen LogP contribution in [0.5, 0.6) is 0 Å². The minimum atomic E-state index is -1.00. The van der Waals surface area contributed by atoms with E-state index < -0.39 is 39.3 Å². The van der Waals surface area contributed by atoms with Gasteiger partial charge in [-0.25, -0.2) is 0 Å². The average Bonchev–Trinajstić information content (AvgIpc) is 2.61. The van der Waals surface area contributed by atoms with Gasteiger partial charge in [-0.05, 0) is 12.5 Å². The second kappa shape index (κ2) is 7.49. The van der Waals surface area contributed by atoms with Crippen molar-refractivity contribution in [2.24, 2.45) is 0 Å². The van der Waals surface area contributed by atoms with Crippen molar-refractivity contribution in [3.8, 4) is 0 Å². The summed E-state index contributed by atoms with van der Waals surface area (Å²) in [4.78, 5) is 32.4. The van der Waals surface area contributed by atoms with Gasteiger partial charge in [0, 0.05) is 12.1 Å². The molecule has 0 aliphatic rings. The largest absolute Gasteiger partial charge is 0.386 e. The number of nitro groups is 2. The molecular formula is C16H15N3O6. The minimum Gasteiger partial charge on any atom is -0.386 e. The molecule has 0 bridgehead atoms. The van der Waals surface area contributed by atoms with Crippen molar-refractivity contribution in [2.75, 3.05) is 0 Å². The highest BCUT2D eigenvalue weighted by Crippen LogP contribution is 2.23. The number of nitrogens with zero attached hydrogens (tertiary/aromatic N) is 2. The summed E-state index contributed by atoms with van der Waals surface area (Å²) in [6.07, 6.45) is -1.00. The molecule has 2 aromatic carbocycles. The molecule has 0 radical (unpaired) electrons. The van der Waals surface area contributed by atoms with Crippen LogP contribution in [0, 0.1) is 20.2 Å². The molecule has 0 aromatic heterocycles. The van der Waals surface area contributed by atoms with Crippen molar-refractivity contribution in [2.45, 2.75) is 19.1 Å². The molecule has 0 heterocycles. The van der Waals surface area contributed by atoms with Crippen LogP contribution in [0.4, 0.5) is 11.4 Å². The number of aliphatic hydroxyl groups excluding tert-OH is 1. The van der Waals surface area contributed by atoms with Crippen LogP contribution < -0.4 is 5.32 Å². The summed E-state index contributed by atoms with van der Waals surface area (Å²) in [5, 5.41) is 34.5. The van der Waals surface area contributed by atoms with Crippen molar-refractivity contribution in [3.05, 3.63) is 79.9 Å². The number of carbonyl (C=O) groups excluding carboxylic acids is 1. The highest BCUT2D eigenvalue weighted by Gasteiger charge is 2.23. The van der Waals surface area contributed by atoms with Gasteiger partial charge in [-0.15, -0.1) is 0 Å². The lowest BCUT2D eigenvalue weighted by Gasteiger charge is -2.20. The smallest absolute Gasteiger partial charge is 0.277 e. The SMILES string of the molecule is CC(NC(=O)c1cc([N+](=O)[O-])cc([N+](=O)[O-])c1)C(O)c1ccccc1. The predicted octanol–water partition coefficient (Wildman–Crippen LogP) is 2.35. The minimum absolute atomic E-state index is 0.229. The molecule has 9 nitrogen and oxygen atoms in total. The summed E-state index contributed by atoms with van der Waals surface area (Å²) in [5.74, 6) is -0.755. The van der Waals surface area contributed by atoms with Crippen LogP contribution in [0.1, 0.15) is 28.9 Å². The zero-order valence-corrected chi connectivity index (χ0v) is 13.2. The molecule has 0 spiro atoms. The standard InChI is InChI=1S/C16H15N3O6/c1-10(15(20)11-5-3-2-4-6-11)17-16(21)12-7-13(18(22)23)9-14(8-12)19(24)25/h2-10,15,20H,1H3,(H,17,21). The molecule has 2 N–H and O–H groups in total. The fourth-order valence-corrected chi connectivity index (χ4v) is 2.25. The Bertz CT molecular complexity index is 777. The number of carbonyl (C=O) groups is 1. The predicted molar refractivity (Wildman–Crippen MR) is 88.1 cm³/mol. The molecule has 2 atom stereocenters. The topological polar surface area (TPSA) is 136 Å². The molecule has 25 heavy (non-hydrogen) atoms. The van der Waals surface area contributed by atoms with Gasteiger partial charge in [0.1, 0.15) is 0 Å². The number of hydrogen-bond acceptors (Lipinski definition) is 6. The molecular weight excluding hydrogens is 330 g/mol. The molecule has 0 saturated carbocycles. The van der Waals surface area contributed by atoms with Crippen molar-refractivity contribution in [1.29, 1.82) is 0 Å². The van der Waals surface area contributed by atoms with Crippen molar-refractivity contribution in [1.82, 2.24) is 5.32 Å². The van der Waals surface area contributed by atoms with Gasteiger partial charge in [-0.2, -0.15) is 0 Å². The Hall–Kier alpha value is -3.33. The van der Waals surface area contributed by atoms with Gasteiger partial charge < -0.3 is 10.4 Å². The lowest BCUT2D eigenvalue weighted by molar-refractivity contribution is -0.394. The Morgan fingerprint density at radius 2 is 1.56 bits per heavy atom. The van der Waals surface area contributed by atoms with Crippen LogP contribution in [0.3, 0.4) is 0 Å². The summed E-state index contributed by atoms with van der Waals surface area (Å²) >= 11 is 0. The monoisotopic (exact) mass is 345 g/mol. The van der Waals surface area contributed by atoms with E-state index >= 15 is 0 Å². The first-order valence-corrected chi connectivity index (χ1v) is 7.27. The first-order valence-electron chi connectivity index (χ1n) is 7.27. The molecule has 2 rings (SSSR count). The summed E-state index contributed by atoms with van der Waals surface area (Å²) < 4.78 is 0. The van der Waals surface area contributed by atoms with E-state index in [0.717, 1.165) is 18.2 Å². The molecule has 0 aliphatic heterocycles. The average molecular weight is 345 g/mol. The quantitative estimate of drug-likeness (QED) is 0.609. The van der Waals surface area contributed by atoms with E-state index in [1.54, 1.807) is 37.3 Å². The molecule has 1 amide bonds. The maximum Gasteiger partial charge on any atom is 0.277 e. The first-order chi connectivity index (χ1) is 11.8. The van der Waals surface area contributed by atoms with Gasteiger partial charge in [0.25, 0.3) is 17.3 Å². The van der Waals surface area contributed by atoms with Crippen LogP contribution in [0.15, 0.2) is 48.5 Å². The molecule has 9 heteroatoms. The summed E-state index contributed by atoms with van der Waals surface area (Å²) in [6.45, 7) is 1.56. The summed E-state index contributed by atoms with van der Waals surface area (Å²) in [5.41, 5.74) is -0.764. The van der Waals surface area contributed by atoms with E-state index in [9.17, 15) is 30.1 Å². The van der Waals surface area contributed by atoms with Crippen LogP contribution in [-0.4, -0.2) is 26.9 Å². The Morgan fingerprint density at radius 1 is 1.04 bits per heavy atom.